The molecule has 2 aromatic heterocycles. The van der Waals surface area contributed by atoms with Crippen LogP contribution in [0.15, 0.2) is 30.7 Å². The van der Waals surface area contributed by atoms with Crippen LogP contribution in [0.5, 0.6) is 0 Å². The van der Waals surface area contributed by atoms with E-state index < -0.39 is 0 Å². The van der Waals surface area contributed by atoms with Crippen molar-refractivity contribution in [3.63, 3.8) is 0 Å². The molecule has 0 N–H and O–H groups in total. The Balaban J connectivity index is 0.000000606. The molecule has 0 bridgehead atoms. The fraction of sp³-hybridized carbons (Fsp3) is 0.417. The van der Waals surface area contributed by atoms with E-state index in [1.54, 1.807) is 17.1 Å². The van der Waals surface area contributed by atoms with Gasteiger partial charge in [0.1, 0.15) is 0 Å². The molecule has 0 aliphatic rings. The van der Waals surface area contributed by atoms with E-state index in [2.05, 4.69) is 28.9 Å². The van der Waals surface area contributed by atoms with Gasteiger partial charge in [0.25, 0.3) is 5.95 Å². The molecular formula is C12H18N4. The van der Waals surface area contributed by atoms with Gasteiger partial charge in [-0.25, -0.2) is 14.6 Å². The minimum atomic E-state index is 0.410. The summed E-state index contributed by atoms with van der Waals surface area (Å²) in [5.74, 6) is 1.04. The zero-order chi connectivity index (χ0) is 12.0. The van der Waals surface area contributed by atoms with Crippen molar-refractivity contribution in [2.45, 2.75) is 33.6 Å². The summed E-state index contributed by atoms with van der Waals surface area (Å²) < 4.78 is 1.66. The normalized spacial score (nSPS) is 9.81. The smallest absolute Gasteiger partial charge is 0.220 e. The van der Waals surface area contributed by atoms with Crippen LogP contribution in [0.4, 0.5) is 0 Å². The molecule has 0 aliphatic carbocycles. The fourth-order valence-corrected chi connectivity index (χ4v) is 1.18. The summed E-state index contributed by atoms with van der Waals surface area (Å²) in [6, 6.07) is 3.78. The lowest BCUT2D eigenvalue weighted by Gasteiger charge is -2.05. The van der Waals surface area contributed by atoms with Crippen molar-refractivity contribution in [3.05, 3.63) is 36.4 Å². The number of rotatable bonds is 2. The second-order valence-corrected chi connectivity index (χ2v) is 3.39. The topological polar surface area (TPSA) is 43.6 Å². The SMILES string of the molecule is CC.CC(C)c1ccnc(-n2cccn2)n1. The molecule has 86 valence electrons. The van der Waals surface area contributed by atoms with E-state index in [0.29, 0.717) is 11.9 Å². The first-order valence-electron chi connectivity index (χ1n) is 5.60. The van der Waals surface area contributed by atoms with Gasteiger partial charge in [-0.15, -0.1) is 0 Å². The van der Waals surface area contributed by atoms with E-state index in [1.807, 2.05) is 32.2 Å². The summed E-state index contributed by atoms with van der Waals surface area (Å²) in [6.07, 6.45) is 5.31. The van der Waals surface area contributed by atoms with Crippen molar-refractivity contribution >= 4 is 0 Å². The molecule has 0 fully saturated rings. The van der Waals surface area contributed by atoms with E-state index in [9.17, 15) is 0 Å². The van der Waals surface area contributed by atoms with Gasteiger partial charge in [0.05, 0.1) is 0 Å². The Morgan fingerprint density at radius 3 is 2.50 bits per heavy atom. The lowest BCUT2D eigenvalue weighted by molar-refractivity contribution is 0.757. The first-order valence-corrected chi connectivity index (χ1v) is 5.60. The molecule has 0 amide bonds. The molecule has 2 rings (SSSR count). The van der Waals surface area contributed by atoms with Crippen LogP contribution in [-0.2, 0) is 0 Å². The molecule has 0 saturated heterocycles. The van der Waals surface area contributed by atoms with Crippen molar-refractivity contribution in [2.24, 2.45) is 0 Å². The molecule has 0 atom stereocenters. The van der Waals surface area contributed by atoms with Crippen LogP contribution in [-0.4, -0.2) is 19.7 Å². The molecule has 16 heavy (non-hydrogen) atoms. The highest BCUT2D eigenvalue weighted by molar-refractivity contribution is 5.15. The van der Waals surface area contributed by atoms with Gasteiger partial charge >= 0.3 is 0 Å². The van der Waals surface area contributed by atoms with Crippen LogP contribution in [0, 0.1) is 0 Å². The van der Waals surface area contributed by atoms with Crippen molar-refractivity contribution < 1.29 is 0 Å². The van der Waals surface area contributed by atoms with Crippen LogP contribution < -0.4 is 0 Å². The molecular weight excluding hydrogens is 200 g/mol. The maximum Gasteiger partial charge on any atom is 0.250 e. The quantitative estimate of drug-likeness (QED) is 0.778. The van der Waals surface area contributed by atoms with Crippen molar-refractivity contribution in [1.82, 2.24) is 19.7 Å². The van der Waals surface area contributed by atoms with E-state index >= 15 is 0 Å². The highest BCUT2D eigenvalue weighted by Gasteiger charge is 2.04. The van der Waals surface area contributed by atoms with Crippen LogP contribution in [0.1, 0.15) is 39.3 Å². The minimum absolute atomic E-state index is 0.410. The molecule has 0 unspecified atom stereocenters. The molecule has 0 aromatic carbocycles. The summed E-state index contributed by atoms with van der Waals surface area (Å²) in [7, 11) is 0. The number of hydrogen-bond acceptors (Lipinski definition) is 3. The third-order valence-corrected chi connectivity index (χ3v) is 1.97. The second kappa shape index (κ2) is 6.00. The van der Waals surface area contributed by atoms with Gasteiger partial charge in [0, 0.05) is 24.3 Å². The van der Waals surface area contributed by atoms with E-state index in [1.165, 1.54) is 0 Å². The van der Waals surface area contributed by atoms with Gasteiger partial charge in [-0.2, -0.15) is 5.10 Å². The Hall–Kier alpha value is -1.71. The maximum atomic E-state index is 4.40. The van der Waals surface area contributed by atoms with Gasteiger partial charge in [-0.1, -0.05) is 27.7 Å². The van der Waals surface area contributed by atoms with Crippen LogP contribution in [0.3, 0.4) is 0 Å². The molecule has 0 spiro atoms. The first-order chi connectivity index (χ1) is 7.77. The van der Waals surface area contributed by atoms with Crippen LogP contribution in [0.25, 0.3) is 5.95 Å². The molecule has 2 aromatic rings. The fourth-order valence-electron chi connectivity index (χ4n) is 1.18. The zero-order valence-corrected chi connectivity index (χ0v) is 10.3. The molecule has 2 heterocycles. The Labute approximate surface area is 96.4 Å². The molecule has 4 heteroatoms. The molecule has 0 saturated carbocycles. The summed E-state index contributed by atoms with van der Waals surface area (Å²) in [5.41, 5.74) is 1.03. The number of aromatic nitrogens is 4. The molecule has 0 radical (unpaired) electrons. The Morgan fingerprint density at radius 1 is 1.19 bits per heavy atom. The van der Waals surface area contributed by atoms with Gasteiger partial charge in [0.2, 0.25) is 0 Å². The van der Waals surface area contributed by atoms with Crippen molar-refractivity contribution in [3.8, 4) is 5.95 Å². The van der Waals surface area contributed by atoms with Crippen molar-refractivity contribution in [2.75, 3.05) is 0 Å². The van der Waals surface area contributed by atoms with Gasteiger partial charge < -0.3 is 0 Å². The lowest BCUT2D eigenvalue weighted by Crippen LogP contribution is -2.04. The zero-order valence-electron chi connectivity index (χ0n) is 10.3. The number of nitrogens with zero attached hydrogens (tertiary/aromatic N) is 4. The van der Waals surface area contributed by atoms with Crippen LogP contribution >= 0.6 is 0 Å². The largest absolute Gasteiger partial charge is 0.250 e. The van der Waals surface area contributed by atoms with E-state index in [0.717, 1.165) is 5.69 Å². The molecule has 0 aliphatic heterocycles. The van der Waals surface area contributed by atoms with Gasteiger partial charge in [0.15, 0.2) is 0 Å². The summed E-state index contributed by atoms with van der Waals surface area (Å²) >= 11 is 0. The van der Waals surface area contributed by atoms with Crippen molar-refractivity contribution in [1.29, 1.82) is 0 Å². The van der Waals surface area contributed by atoms with Crippen LogP contribution in [0.2, 0.25) is 0 Å². The van der Waals surface area contributed by atoms with E-state index in [4.69, 9.17) is 0 Å². The standard InChI is InChI=1S/C10H12N4.C2H6/c1-8(2)9-4-6-11-10(13-9)14-7-3-5-12-14;1-2/h3-8H,1-2H3;1-2H3. The molecule has 4 nitrogen and oxygen atoms in total. The Bertz CT molecular complexity index is 407. The summed E-state index contributed by atoms with van der Waals surface area (Å²) in [5, 5.41) is 4.08. The summed E-state index contributed by atoms with van der Waals surface area (Å²) in [6.45, 7) is 8.21. The average Bonchev–Trinajstić information content (AvgIpc) is 2.85. The lowest BCUT2D eigenvalue weighted by atomic mass is 10.1. The second-order valence-electron chi connectivity index (χ2n) is 3.39. The summed E-state index contributed by atoms with van der Waals surface area (Å²) in [4.78, 5) is 8.56. The predicted molar refractivity (Wildman–Crippen MR) is 64.6 cm³/mol. The third kappa shape index (κ3) is 2.89. The monoisotopic (exact) mass is 218 g/mol. The van der Waals surface area contributed by atoms with Gasteiger partial charge in [-0.3, -0.25) is 0 Å². The first kappa shape index (κ1) is 12.4. The minimum Gasteiger partial charge on any atom is -0.220 e. The maximum absolute atomic E-state index is 4.40. The Kier molecular flexibility index (Phi) is 4.64. The van der Waals surface area contributed by atoms with E-state index in [-0.39, 0.29) is 0 Å². The number of hydrogen-bond donors (Lipinski definition) is 0. The highest BCUT2D eigenvalue weighted by Crippen LogP contribution is 2.11. The predicted octanol–water partition coefficient (Wildman–Crippen LogP) is 2.81. The average molecular weight is 218 g/mol. The third-order valence-electron chi connectivity index (χ3n) is 1.97. The Morgan fingerprint density at radius 2 is 1.94 bits per heavy atom. The van der Waals surface area contributed by atoms with Gasteiger partial charge in [-0.05, 0) is 18.1 Å². The highest BCUT2D eigenvalue weighted by atomic mass is 15.3.